The van der Waals surface area contributed by atoms with Gasteiger partial charge in [-0.25, -0.2) is 0 Å². The lowest BCUT2D eigenvalue weighted by molar-refractivity contribution is 0.661. The van der Waals surface area contributed by atoms with E-state index in [1.807, 2.05) is 12.4 Å². The Morgan fingerprint density at radius 3 is 2.26 bits per heavy atom. The molecule has 2 nitrogen and oxygen atoms in total. The number of hydrogen-bond donors (Lipinski definition) is 0. The van der Waals surface area contributed by atoms with Crippen LogP contribution < -0.4 is 0 Å². The first kappa shape index (κ1) is 21.4. The van der Waals surface area contributed by atoms with E-state index in [0.717, 1.165) is 11.3 Å². The summed E-state index contributed by atoms with van der Waals surface area (Å²) in [5, 5.41) is 5.07. The lowest BCUT2D eigenvalue weighted by atomic mass is 9.82. The molecule has 0 bridgehead atoms. The van der Waals surface area contributed by atoms with Crippen LogP contribution in [0.15, 0.2) is 122 Å². The number of benzene rings is 5. The molecule has 0 aliphatic heterocycles. The third-order valence-corrected chi connectivity index (χ3v) is 8.44. The van der Waals surface area contributed by atoms with Crippen LogP contribution in [0.1, 0.15) is 25.0 Å². The summed E-state index contributed by atoms with van der Waals surface area (Å²) in [6.07, 6.45) is 3.94. The standard InChI is InChI=1S/C36H26N2/c1-36(2)32-14-8-6-12-27(32)31-20-30-24(19-33(31)36)16-17-29-28-13-7-9-15-34(28)38(35(29)30)26-18-25(21-37-22-26)23-10-4-3-5-11-23/h3-22H,1-2H3. The Hall–Kier alpha value is -4.69. The predicted octanol–water partition coefficient (Wildman–Crippen LogP) is 9.31. The number of para-hydroxylation sites is 1. The molecule has 0 saturated heterocycles. The van der Waals surface area contributed by atoms with Gasteiger partial charge in [-0.05, 0) is 57.5 Å². The van der Waals surface area contributed by atoms with E-state index < -0.39 is 0 Å². The van der Waals surface area contributed by atoms with E-state index in [1.54, 1.807) is 0 Å². The quantitative estimate of drug-likeness (QED) is 0.238. The summed E-state index contributed by atoms with van der Waals surface area (Å²) in [6.45, 7) is 4.69. The van der Waals surface area contributed by atoms with Crippen molar-refractivity contribution < 1.29 is 0 Å². The van der Waals surface area contributed by atoms with Crippen molar-refractivity contribution in [2.75, 3.05) is 0 Å². The number of nitrogens with zero attached hydrogens (tertiary/aromatic N) is 2. The van der Waals surface area contributed by atoms with Gasteiger partial charge in [0.1, 0.15) is 0 Å². The molecule has 0 saturated carbocycles. The second-order valence-electron chi connectivity index (χ2n) is 10.9. The molecule has 0 radical (unpaired) electrons. The van der Waals surface area contributed by atoms with Gasteiger partial charge in [-0.2, -0.15) is 0 Å². The van der Waals surface area contributed by atoms with Gasteiger partial charge < -0.3 is 4.57 Å². The van der Waals surface area contributed by atoms with Crippen molar-refractivity contribution in [1.29, 1.82) is 0 Å². The van der Waals surface area contributed by atoms with Crippen molar-refractivity contribution >= 4 is 32.6 Å². The fourth-order valence-electron chi connectivity index (χ4n) is 6.59. The van der Waals surface area contributed by atoms with E-state index in [0.29, 0.717) is 0 Å². The Morgan fingerprint density at radius 2 is 1.37 bits per heavy atom. The van der Waals surface area contributed by atoms with Gasteiger partial charge in [-0.15, -0.1) is 0 Å². The average molecular weight is 487 g/mol. The summed E-state index contributed by atoms with van der Waals surface area (Å²) in [5.74, 6) is 0. The molecule has 1 aliphatic rings. The molecule has 0 amide bonds. The zero-order valence-electron chi connectivity index (χ0n) is 21.4. The summed E-state index contributed by atoms with van der Waals surface area (Å²) < 4.78 is 2.41. The van der Waals surface area contributed by atoms with Crippen molar-refractivity contribution in [3.8, 4) is 27.9 Å². The highest BCUT2D eigenvalue weighted by Gasteiger charge is 2.35. The first-order chi connectivity index (χ1) is 18.6. The molecule has 2 heteroatoms. The predicted molar refractivity (Wildman–Crippen MR) is 159 cm³/mol. The number of aromatic nitrogens is 2. The third kappa shape index (κ3) is 2.86. The Bertz CT molecular complexity index is 2040. The first-order valence-corrected chi connectivity index (χ1v) is 13.2. The van der Waals surface area contributed by atoms with Crippen molar-refractivity contribution in [2.45, 2.75) is 19.3 Å². The Morgan fingerprint density at radius 1 is 0.579 bits per heavy atom. The van der Waals surface area contributed by atoms with Crippen LogP contribution in [0.2, 0.25) is 0 Å². The van der Waals surface area contributed by atoms with Crippen LogP contribution in [0.5, 0.6) is 0 Å². The molecule has 0 N–H and O–H groups in total. The van der Waals surface area contributed by atoms with Crippen molar-refractivity contribution in [1.82, 2.24) is 9.55 Å². The topological polar surface area (TPSA) is 17.8 Å². The van der Waals surface area contributed by atoms with Crippen molar-refractivity contribution in [3.05, 3.63) is 133 Å². The number of pyridine rings is 1. The zero-order chi connectivity index (χ0) is 25.4. The molecule has 0 unspecified atom stereocenters. The van der Waals surface area contributed by atoms with E-state index in [2.05, 4.69) is 128 Å². The van der Waals surface area contributed by atoms with Gasteiger partial charge in [0.2, 0.25) is 0 Å². The Balaban J connectivity index is 1.49. The number of hydrogen-bond acceptors (Lipinski definition) is 1. The molecule has 0 spiro atoms. The van der Waals surface area contributed by atoms with Gasteiger partial charge in [0, 0.05) is 33.3 Å². The summed E-state index contributed by atoms with van der Waals surface area (Å²) in [5.41, 5.74) is 11.3. The smallest absolute Gasteiger partial charge is 0.0651 e. The number of rotatable bonds is 2. The molecule has 38 heavy (non-hydrogen) atoms. The van der Waals surface area contributed by atoms with Crippen LogP contribution in [0.3, 0.4) is 0 Å². The summed E-state index contributed by atoms with van der Waals surface area (Å²) in [7, 11) is 0. The minimum absolute atomic E-state index is 0.0181. The second-order valence-corrected chi connectivity index (χ2v) is 10.9. The summed E-state index contributed by atoms with van der Waals surface area (Å²) >= 11 is 0. The maximum Gasteiger partial charge on any atom is 0.0651 e. The van der Waals surface area contributed by atoms with Crippen LogP contribution in [0.4, 0.5) is 0 Å². The largest absolute Gasteiger partial charge is 0.307 e. The molecular formula is C36H26N2. The minimum Gasteiger partial charge on any atom is -0.307 e. The normalized spacial score (nSPS) is 13.7. The molecule has 0 fully saturated rings. The highest BCUT2D eigenvalue weighted by Crippen LogP contribution is 2.50. The van der Waals surface area contributed by atoms with Crippen LogP contribution in [-0.2, 0) is 5.41 Å². The van der Waals surface area contributed by atoms with Gasteiger partial charge in [0.25, 0.3) is 0 Å². The molecule has 2 aromatic heterocycles. The van der Waals surface area contributed by atoms with Crippen LogP contribution in [0, 0.1) is 0 Å². The fraction of sp³-hybridized carbons (Fsp3) is 0.0833. The highest BCUT2D eigenvalue weighted by atomic mass is 15.0. The monoisotopic (exact) mass is 486 g/mol. The van der Waals surface area contributed by atoms with Gasteiger partial charge in [-0.1, -0.05) is 98.8 Å². The van der Waals surface area contributed by atoms with E-state index in [-0.39, 0.29) is 5.41 Å². The molecule has 5 aromatic carbocycles. The molecular weight excluding hydrogens is 460 g/mol. The fourth-order valence-corrected chi connectivity index (χ4v) is 6.59. The van der Waals surface area contributed by atoms with E-state index in [1.165, 1.54) is 60.4 Å². The molecule has 2 heterocycles. The average Bonchev–Trinajstić information content (AvgIpc) is 3.42. The maximum atomic E-state index is 4.70. The Labute approximate surface area is 221 Å². The van der Waals surface area contributed by atoms with Crippen LogP contribution in [-0.4, -0.2) is 9.55 Å². The van der Waals surface area contributed by atoms with Crippen molar-refractivity contribution in [2.24, 2.45) is 0 Å². The zero-order valence-corrected chi connectivity index (χ0v) is 21.4. The molecule has 7 aromatic rings. The lowest BCUT2D eigenvalue weighted by Gasteiger charge is -2.21. The molecule has 0 atom stereocenters. The van der Waals surface area contributed by atoms with E-state index in [9.17, 15) is 0 Å². The summed E-state index contributed by atoms with van der Waals surface area (Å²) in [6, 6.07) is 39.8. The SMILES string of the molecule is CC1(C)c2ccccc2-c2cc3c(ccc4c5ccccc5n(-c5cncc(-c6ccccc6)c5)c34)cc21. The lowest BCUT2D eigenvalue weighted by Crippen LogP contribution is -2.14. The molecule has 180 valence electrons. The molecule has 1 aliphatic carbocycles. The third-order valence-electron chi connectivity index (χ3n) is 8.44. The van der Waals surface area contributed by atoms with Gasteiger partial charge in [0.15, 0.2) is 0 Å². The van der Waals surface area contributed by atoms with E-state index >= 15 is 0 Å². The second kappa shape index (κ2) is 7.66. The van der Waals surface area contributed by atoms with Crippen molar-refractivity contribution in [3.63, 3.8) is 0 Å². The molecule has 8 rings (SSSR count). The van der Waals surface area contributed by atoms with Gasteiger partial charge >= 0.3 is 0 Å². The summed E-state index contributed by atoms with van der Waals surface area (Å²) in [4.78, 5) is 4.70. The van der Waals surface area contributed by atoms with Crippen LogP contribution >= 0.6 is 0 Å². The highest BCUT2D eigenvalue weighted by molar-refractivity contribution is 6.19. The Kier molecular flexibility index (Phi) is 4.31. The van der Waals surface area contributed by atoms with Gasteiger partial charge in [0.05, 0.1) is 22.9 Å². The minimum atomic E-state index is -0.0181. The van der Waals surface area contributed by atoms with E-state index in [4.69, 9.17) is 4.98 Å². The maximum absolute atomic E-state index is 4.70. The number of fused-ring (bicyclic) bond motifs is 8. The van der Waals surface area contributed by atoms with Gasteiger partial charge in [-0.3, -0.25) is 4.98 Å². The first-order valence-electron chi connectivity index (χ1n) is 13.2. The van der Waals surface area contributed by atoms with Crippen LogP contribution in [0.25, 0.3) is 60.5 Å².